The van der Waals surface area contributed by atoms with Crippen LogP contribution in [0.4, 0.5) is 0 Å². The normalized spacial score (nSPS) is 11.6. The van der Waals surface area contributed by atoms with Crippen molar-refractivity contribution in [1.82, 2.24) is 0 Å². The summed E-state index contributed by atoms with van der Waals surface area (Å²) in [7, 11) is 0. The molecule has 0 aromatic rings. The van der Waals surface area contributed by atoms with Crippen LogP contribution in [0, 0.1) is 0 Å². The Kier molecular flexibility index (Phi) is 38.4. The summed E-state index contributed by atoms with van der Waals surface area (Å²) >= 11 is 0. The molecule has 8 heteroatoms. The number of unbranched alkanes of at least 4 members (excludes halogenated alkanes) is 11. The molecule has 2 N–H and O–H groups in total. The van der Waals surface area contributed by atoms with Gasteiger partial charge in [-0.15, -0.1) is 0 Å². The third-order valence-corrected chi connectivity index (χ3v) is 6.53. The van der Waals surface area contributed by atoms with Gasteiger partial charge in [-0.05, 0) is 89.9 Å². The van der Waals surface area contributed by atoms with Crippen LogP contribution < -0.4 is 0 Å². The van der Waals surface area contributed by atoms with E-state index in [1.165, 1.54) is 25.7 Å². The van der Waals surface area contributed by atoms with Crippen LogP contribution in [0.5, 0.6) is 0 Å². The van der Waals surface area contributed by atoms with Crippen molar-refractivity contribution < 1.29 is 38.6 Å². The molecule has 0 saturated heterocycles. The first-order chi connectivity index (χ1) is 19.9. The van der Waals surface area contributed by atoms with Crippen molar-refractivity contribution in [3.8, 4) is 0 Å². The van der Waals surface area contributed by atoms with Gasteiger partial charge in [-0.25, -0.2) is 0 Å². The zero-order valence-corrected chi connectivity index (χ0v) is 26.0. The zero-order valence-electron chi connectivity index (χ0n) is 26.0. The molecule has 0 unspecified atom stereocenters. The molecule has 8 nitrogen and oxygen atoms in total. The van der Waals surface area contributed by atoms with Crippen LogP contribution in [0.1, 0.15) is 116 Å². The van der Waals surface area contributed by atoms with E-state index in [0.29, 0.717) is 0 Å². The van der Waals surface area contributed by atoms with E-state index in [1.54, 1.807) is 0 Å². The highest BCUT2D eigenvalue weighted by molar-refractivity contribution is 4.47. The van der Waals surface area contributed by atoms with E-state index in [2.05, 4.69) is 0 Å². The van der Waals surface area contributed by atoms with Crippen molar-refractivity contribution in [1.29, 1.82) is 0 Å². The highest BCUT2D eigenvalue weighted by atomic mass is 16.5. The number of aliphatic hydroxyl groups is 2. The predicted molar refractivity (Wildman–Crippen MR) is 162 cm³/mol. The second-order valence-electron chi connectivity index (χ2n) is 10.5. The van der Waals surface area contributed by atoms with E-state index in [9.17, 15) is 0 Å². The zero-order chi connectivity index (χ0) is 28.9. The maximum absolute atomic E-state index is 8.70. The Morgan fingerprint density at radius 3 is 0.550 bits per heavy atom. The average molecular weight is 579 g/mol. The van der Waals surface area contributed by atoms with Gasteiger partial charge in [0.05, 0.1) is 0 Å². The lowest BCUT2D eigenvalue weighted by Crippen LogP contribution is -2.03. The second kappa shape index (κ2) is 38.7. The van der Waals surface area contributed by atoms with Crippen molar-refractivity contribution in [3.05, 3.63) is 0 Å². The number of aliphatic hydroxyl groups excluding tert-OH is 2. The van der Waals surface area contributed by atoms with Crippen LogP contribution in [0.2, 0.25) is 0 Å². The van der Waals surface area contributed by atoms with E-state index in [4.69, 9.17) is 38.6 Å². The lowest BCUT2D eigenvalue weighted by atomic mass is 10.1. The minimum Gasteiger partial charge on any atom is -0.396 e. The minimum absolute atomic E-state index is 0.256. The Morgan fingerprint density at radius 2 is 0.350 bits per heavy atom. The molecule has 0 rings (SSSR count). The van der Waals surface area contributed by atoms with E-state index in [-0.39, 0.29) is 13.2 Å². The van der Waals surface area contributed by atoms with Gasteiger partial charge in [0.2, 0.25) is 0 Å². The molecule has 0 heterocycles. The smallest absolute Gasteiger partial charge is 0.0466 e. The van der Waals surface area contributed by atoms with Crippen molar-refractivity contribution in [2.24, 2.45) is 0 Å². The van der Waals surface area contributed by atoms with Crippen molar-refractivity contribution >= 4 is 0 Å². The third kappa shape index (κ3) is 37.7. The maximum atomic E-state index is 8.70. The summed E-state index contributed by atoms with van der Waals surface area (Å²) in [6, 6.07) is 0. The van der Waals surface area contributed by atoms with Crippen LogP contribution in [-0.4, -0.2) is 103 Å². The highest BCUT2D eigenvalue weighted by Crippen LogP contribution is 2.06. The fraction of sp³-hybridized carbons (Fsp3) is 1.00. The van der Waals surface area contributed by atoms with Crippen LogP contribution in [0.15, 0.2) is 0 Å². The van der Waals surface area contributed by atoms with E-state index in [0.717, 1.165) is 169 Å². The van der Waals surface area contributed by atoms with Crippen LogP contribution in [0.25, 0.3) is 0 Å². The number of hydrogen-bond acceptors (Lipinski definition) is 8. The minimum atomic E-state index is 0.256. The average Bonchev–Trinajstić information content (AvgIpc) is 2.97. The Hall–Kier alpha value is -0.320. The van der Waals surface area contributed by atoms with E-state index in [1.807, 2.05) is 0 Å². The second-order valence-corrected chi connectivity index (χ2v) is 10.5. The monoisotopic (exact) mass is 578 g/mol. The van der Waals surface area contributed by atoms with Gasteiger partial charge in [0, 0.05) is 92.5 Å². The van der Waals surface area contributed by atoms with Gasteiger partial charge in [-0.1, -0.05) is 25.7 Å². The third-order valence-electron chi connectivity index (χ3n) is 6.53. The van der Waals surface area contributed by atoms with Gasteiger partial charge >= 0.3 is 0 Å². The number of ether oxygens (including phenoxy) is 6. The Bertz CT molecular complexity index is 390. The van der Waals surface area contributed by atoms with Crippen LogP contribution in [0.3, 0.4) is 0 Å². The SMILES string of the molecule is OCCCCOCCCCOCCCCOCCCCCCCCOCCCCOCCCCOCCCCO. The lowest BCUT2D eigenvalue weighted by Gasteiger charge is -2.07. The molecule has 0 aliphatic carbocycles. The van der Waals surface area contributed by atoms with Crippen molar-refractivity contribution in [2.45, 2.75) is 116 Å². The predicted octanol–water partition coefficient (Wildman–Crippen LogP) is 6.09. The quantitative estimate of drug-likeness (QED) is 0.0855. The topological polar surface area (TPSA) is 95.8 Å². The molecular weight excluding hydrogens is 512 g/mol. The molecule has 0 aromatic carbocycles. The standard InChI is InChI=1S/C32H66O8/c33-19-5-9-23-37-27-13-17-31-39-29-15-11-25-35-21-7-3-1-2-4-8-22-36-26-12-16-30-40-32-18-14-28-38-24-10-6-20-34/h33-34H,1-32H2. The molecule has 0 radical (unpaired) electrons. The molecule has 40 heavy (non-hydrogen) atoms. The number of hydrogen-bond donors (Lipinski definition) is 2. The Balaban J connectivity index is 3.01. The lowest BCUT2D eigenvalue weighted by molar-refractivity contribution is 0.0877. The van der Waals surface area contributed by atoms with Crippen molar-refractivity contribution in [2.75, 3.05) is 92.5 Å². The largest absolute Gasteiger partial charge is 0.396 e. The summed E-state index contributed by atoms with van der Waals surface area (Å²) in [6.07, 6.45) is 19.4. The van der Waals surface area contributed by atoms with Gasteiger partial charge in [-0.3, -0.25) is 0 Å². The van der Waals surface area contributed by atoms with Crippen molar-refractivity contribution in [3.63, 3.8) is 0 Å². The first-order valence-corrected chi connectivity index (χ1v) is 16.6. The molecule has 0 bridgehead atoms. The molecule has 0 aromatic heterocycles. The Labute approximate surface area is 246 Å². The van der Waals surface area contributed by atoms with Gasteiger partial charge in [0.25, 0.3) is 0 Å². The Morgan fingerprint density at radius 1 is 0.200 bits per heavy atom. The molecule has 0 aliphatic heterocycles. The molecule has 0 aliphatic rings. The summed E-state index contributed by atoms with van der Waals surface area (Å²) in [5, 5.41) is 17.4. The molecule has 0 saturated carbocycles. The molecule has 242 valence electrons. The summed E-state index contributed by atoms with van der Waals surface area (Å²) in [6.45, 7) is 10.3. The molecule has 0 fully saturated rings. The van der Waals surface area contributed by atoms with Gasteiger partial charge in [0.15, 0.2) is 0 Å². The van der Waals surface area contributed by atoms with Crippen LogP contribution >= 0.6 is 0 Å². The highest BCUT2D eigenvalue weighted by Gasteiger charge is 1.97. The fourth-order valence-electron chi connectivity index (χ4n) is 3.99. The summed E-state index contributed by atoms with van der Waals surface area (Å²) in [5.41, 5.74) is 0. The van der Waals surface area contributed by atoms with Gasteiger partial charge in [-0.2, -0.15) is 0 Å². The molecule has 0 spiro atoms. The number of rotatable bonds is 37. The first kappa shape index (κ1) is 39.7. The summed E-state index contributed by atoms with van der Waals surface area (Å²) in [5.74, 6) is 0. The fourth-order valence-corrected chi connectivity index (χ4v) is 3.99. The summed E-state index contributed by atoms with van der Waals surface area (Å²) < 4.78 is 33.8. The van der Waals surface area contributed by atoms with Gasteiger partial charge in [0.1, 0.15) is 0 Å². The van der Waals surface area contributed by atoms with Crippen LogP contribution in [-0.2, 0) is 28.4 Å². The first-order valence-electron chi connectivity index (χ1n) is 16.6. The van der Waals surface area contributed by atoms with E-state index >= 15 is 0 Å². The van der Waals surface area contributed by atoms with Gasteiger partial charge < -0.3 is 38.6 Å². The summed E-state index contributed by atoms with van der Waals surface area (Å²) in [4.78, 5) is 0. The maximum Gasteiger partial charge on any atom is 0.0466 e. The van der Waals surface area contributed by atoms with E-state index < -0.39 is 0 Å². The molecule has 0 amide bonds. The molecule has 0 atom stereocenters. The molecular formula is C32H66O8.